The lowest BCUT2D eigenvalue weighted by Gasteiger charge is -2.16. The molecule has 134 valence electrons. The predicted molar refractivity (Wildman–Crippen MR) is 88.8 cm³/mol. The molecular formula is C19H14F3NO3. The molecule has 1 saturated heterocycles. The minimum absolute atomic E-state index is 0.0128. The van der Waals surface area contributed by atoms with E-state index in [1.807, 2.05) is 0 Å². The second-order valence-corrected chi connectivity index (χ2v) is 5.58. The van der Waals surface area contributed by atoms with Crippen LogP contribution >= 0.6 is 0 Å². The van der Waals surface area contributed by atoms with E-state index in [0.717, 1.165) is 17.0 Å². The van der Waals surface area contributed by atoms with Crippen molar-refractivity contribution in [3.8, 4) is 0 Å². The Kier molecular flexibility index (Phi) is 4.79. The van der Waals surface area contributed by atoms with Crippen LogP contribution in [-0.2, 0) is 15.7 Å². The van der Waals surface area contributed by atoms with Crippen molar-refractivity contribution >= 4 is 23.6 Å². The van der Waals surface area contributed by atoms with Gasteiger partial charge < -0.3 is 4.74 Å². The fourth-order valence-corrected chi connectivity index (χ4v) is 2.65. The summed E-state index contributed by atoms with van der Waals surface area (Å²) < 4.78 is 44.6. The third-order valence-corrected chi connectivity index (χ3v) is 3.89. The van der Waals surface area contributed by atoms with Crippen LogP contribution in [0.4, 0.5) is 18.0 Å². The summed E-state index contributed by atoms with van der Waals surface area (Å²) >= 11 is 0. The first-order chi connectivity index (χ1) is 12.4. The fraction of sp³-hybridized carbons (Fsp3) is 0.158. The van der Waals surface area contributed by atoms with Crippen LogP contribution in [0.3, 0.4) is 0 Å². The average molecular weight is 361 g/mol. The molecule has 2 aromatic rings. The molecule has 0 radical (unpaired) electrons. The van der Waals surface area contributed by atoms with Crippen molar-refractivity contribution in [2.24, 2.45) is 0 Å². The highest BCUT2D eigenvalue weighted by Gasteiger charge is 2.34. The van der Waals surface area contributed by atoms with Crippen molar-refractivity contribution in [2.75, 3.05) is 13.2 Å². The number of benzene rings is 2. The van der Waals surface area contributed by atoms with Gasteiger partial charge in [-0.15, -0.1) is 0 Å². The van der Waals surface area contributed by atoms with Crippen LogP contribution < -0.4 is 0 Å². The van der Waals surface area contributed by atoms with Crippen LogP contribution in [-0.4, -0.2) is 30.1 Å². The molecule has 7 heteroatoms. The molecule has 26 heavy (non-hydrogen) atoms. The van der Waals surface area contributed by atoms with E-state index in [1.165, 1.54) is 18.2 Å². The van der Waals surface area contributed by atoms with E-state index in [4.69, 9.17) is 4.74 Å². The SMILES string of the molecule is O=C1OCCN1C(=O)/C(=C/c1ccccc1C(F)(F)F)c1ccccc1. The third-order valence-electron chi connectivity index (χ3n) is 3.89. The van der Waals surface area contributed by atoms with Crippen molar-refractivity contribution in [2.45, 2.75) is 6.18 Å². The van der Waals surface area contributed by atoms with E-state index in [-0.39, 0.29) is 24.3 Å². The Morgan fingerprint density at radius 3 is 2.31 bits per heavy atom. The van der Waals surface area contributed by atoms with Crippen molar-refractivity contribution in [1.29, 1.82) is 0 Å². The fourth-order valence-electron chi connectivity index (χ4n) is 2.65. The molecule has 1 aliphatic rings. The Bertz CT molecular complexity index is 860. The number of cyclic esters (lactones) is 1. The Morgan fingerprint density at radius 2 is 1.69 bits per heavy atom. The molecule has 0 spiro atoms. The number of rotatable bonds is 3. The van der Waals surface area contributed by atoms with Crippen LogP contribution in [0.15, 0.2) is 54.6 Å². The number of hydrogen-bond donors (Lipinski definition) is 0. The van der Waals surface area contributed by atoms with Crippen LogP contribution in [0.1, 0.15) is 16.7 Å². The summed E-state index contributed by atoms with van der Waals surface area (Å²) in [6.07, 6.45) is -4.21. The normalized spacial score (nSPS) is 15.1. The number of carbonyl (C=O) groups is 2. The number of alkyl halides is 3. The Morgan fingerprint density at radius 1 is 1.04 bits per heavy atom. The molecule has 1 aliphatic heterocycles. The second-order valence-electron chi connectivity index (χ2n) is 5.58. The lowest BCUT2D eigenvalue weighted by molar-refractivity contribution is -0.137. The molecule has 2 aromatic carbocycles. The number of nitrogens with zero attached hydrogens (tertiary/aromatic N) is 1. The zero-order valence-electron chi connectivity index (χ0n) is 13.5. The van der Waals surface area contributed by atoms with Crippen molar-refractivity contribution in [3.63, 3.8) is 0 Å². The van der Waals surface area contributed by atoms with Gasteiger partial charge in [0.15, 0.2) is 0 Å². The number of imide groups is 1. The molecule has 0 aromatic heterocycles. The number of carbonyl (C=O) groups excluding carboxylic acids is 2. The number of halogens is 3. The molecule has 2 amide bonds. The van der Waals surface area contributed by atoms with E-state index in [9.17, 15) is 22.8 Å². The minimum atomic E-state index is -4.56. The summed E-state index contributed by atoms with van der Waals surface area (Å²) in [5, 5.41) is 0. The van der Waals surface area contributed by atoms with Crippen molar-refractivity contribution in [1.82, 2.24) is 4.90 Å². The van der Waals surface area contributed by atoms with E-state index in [0.29, 0.717) is 5.56 Å². The molecule has 0 unspecified atom stereocenters. The van der Waals surface area contributed by atoms with Gasteiger partial charge in [-0.1, -0.05) is 48.5 Å². The van der Waals surface area contributed by atoms with E-state index in [2.05, 4.69) is 0 Å². The molecule has 3 rings (SSSR count). The predicted octanol–water partition coefficient (Wildman–Crippen LogP) is 4.22. The third kappa shape index (κ3) is 3.61. The summed E-state index contributed by atoms with van der Waals surface area (Å²) in [5.74, 6) is -0.698. The van der Waals surface area contributed by atoms with Crippen molar-refractivity contribution < 1.29 is 27.5 Å². The molecule has 1 fully saturated rings. The summed E-state index contributed by atoms with van der Waals surface area (Å²) in [7, 11) is 0. The molecular weight excluding hydrogens is 347 g/mol. The maximum atomic E-state index is 13.3. The Labute approximate surface area is 147 Å². The lowest BCUT2D eigenvalue weighted by Crippen LogP contribution is -2.32. The monoisotopic (exact) mass is 361 g/mol. The maximum absolute atomic E-state index is 13.3. The zero-order chi connectivity index (χ0) is 18.7. The molecule has 0 atom stereocenters. The van der Waals surface area contributed by atoms with Gasteiger partial charge in [0.1, 0.15) is 6.61 Å². The first-order valence-corrected chi connectivity index (χ1v) is 7.80. The van der Waals surface area contributed by atoms with Crippen LogP contribution in [0, 0.1) is 0 Å². The van der Waals surface area contributed by atoms with Gasteiger partial charge in [0.2, 0.25) is 0 Å². The van der Waals surface area contributed by atoms with Gasteiger partial charge in [0.25, 0.3) is 5.91 Å². The van der Waals surface area contributed by atoms with Gasteiger partial charge in [0.05, 0.1) is 12.1 Å². The second kappa shape index (κ2) is 7.03. The van der Waals surface area contributed by atoms with Gasteiger partial charge in [-0.05, 0) is 23.3 Å². The van der Waals surface area contributed by atoms with Crippen LogP contribution in [0.2, 0.25) is 0 Å². The molecule has 1 heterocycles. The van der Waals surface area contributed by atoms with Crippen LogP contribution in [0.5, 0.6) is 0 Å². The molecule has 0 aliphatic carbocycles. The van der Waals surface area contributed by atoms with Gasteiger partial charge in [0, 0.05) is 5.57 Å². The number of ether oxygens (including phenoxy) is 1. The highest BCUT2D eigenvalue weighted by Crippen LogP contribution is 2.34. The minimum Gasteiger partial charge on any atom is -0.447 e. The number of amides is 2. The number of hydrogen-bond acceptors (Lipinski definition) is 3. The van der Waals surface area contributed by atoms with E-state index in [1.54, 1.807) is 30.3 Å². The molecule has 0 saturated carbocycles. The Balaban J connectivity index is 2.12. The summed E-state index contributed by atoms with van der Waals surface area (Å²) in [5.41, 5.74) is -0.611. The van der Waals surface area contributed by atoms with E-state index < -0.39 is 23.7 Å². The molecule has 4 nitrogen and oxygen atoms in total. The first-order valence-electron chi connectivity index (χ1n) is 7.80. The largest absolute Gasteiger partial charge is 0.447 e. The standard InChI is InChI=1S/C19H14F3NO3/c20-19(21,22)16-9-5-4-8-14(16)12-15(13-6-2-1-3-7-13)17(24)23-10-11-26-18(23)25/h1-9,12H,10-11H2/b15-12+. The first kappa shape index (κ1) is 17.7. The topological polar surface area (TPSA) is 46.6 Å². The highest BCUT2D eigenvalue weighted by molar-refractivity contribution is 6.27. The van der Waals surface area contributed by atoms with Crippen LogP contribution in [0.25, 0.3) is 11.6 Å². The smallest absolute Gasteiger partial charge is 0.416 e. The van der Waals surface area contributed by atoms with E-state index >= 15 is 0 Å². The highest BCUT2D eigenvalue weighted by atomic mass is 19.4. The summed E-state index contributed by atoms with van der Waals surface area (Å²) in [6, 6.07) is 13.2. The van der Waals surface area contributed by atoms with Gasteiger partial charge in [-0.3, -0.25) is 4.79 Å². The zero-order valence-corrected chi connectivity index (χ0v) is 13.5. The van der Waals surface area contributed by atoms with Gasteiger partial charge >= 0.3 is 12.3 Å². The summed E-state index contributed by atoms with van der Waals surface area (Å²) in [6.45, 7) is 0.120. The average Bonchev–Trinajstić information content (AvgIpc) is 3.05. The molecule has 0 N–H and O–H groups in total. The Hall–Kier alpha value is -3.09. The summed E-state index contributed by atoms with van der Waals surface area (Å²) in [4.78, 5) is 25.4. The van der Waals surface area contributed by atoms with Gasteiger partial charge in [-0.2, -0.15) is 13.2 Å². The molecule has 0 bridgehead atoms. The van der Waals surface area contributed by atoms with Gasteiger partial charge in [-0.25, -0.2) is 9.69 Å². The van der Waals surface area contributed by atoms with Crippen molar-refractivity contribution in [3.05, 3.63) is 71.3 Å². The quantitative estimate of drug-likeness (QED) is 0.607. The maximum Gasteiger partial charge on any atom is 0.416 e. The lowest BCUT2D eigenvalue weighted by atomic mass is 9.98.